The van der Waals surface area contributed by atoms with Crippen molar-refractivity contribution in [3.8, 4) is 0 Å². The highest BCUT2D eigenvalue weighted by atomic mass is 35.5. The van der Waals surface area contributed by atoms with Gasteiger partial charge < -0.3 is 5.32 Å². The zero-order chi connectivity index (χ0) is 13.8. The Balaban J connectivity index is 2.66. The average Bonchev–Trinajstić information content (AvgIpc) is 2.26. The van der Waals surface area contributed by atoms with E-state index in [1.807, 2.05) is 13.8 Å². The second-order valence-electron chi connectivity index (χ2n) is 5.27. The van der Waals surface area contributed by atoms with Crippen LogP contribution in [-0.2, 0) is 0 Å². The lowest BCUT2D eigenvalue weighted by Gasteiger charge is -2.23. The van der Waals surface area contributed by atoms with Gasteiger partial charge in [0.2, 0.25) is 0 Å². The maximum absolute atomic E-state index is 13.6. The van der Waals surface area contributed by atoms with Crippen LogP contribution in [0.5, 0.6) is 0 Å². The van der Waals surface area contributed by atoms with Crippen molar-refractivity contribution in [2.45, 2.75) is 27.2 Å². The molecule has 18 heavy (non-hydrogen) atoms. The molecule has 1 N–H and O–H groups in total. The fourth-order valence-electron chi connectivity index (χ4n) is 1.56. The largest absolute Gasteiger partial charge is 0.351 e. The highest BCUT2D eigenvalue weighted by Gasteiger charge is 2.19. The molecular formula is C14H19ClFNO. The second kappa shape index (κ2) is 6.19. The van der Waals surface area contributed by atoms with E-state index >= 15 is 0 Å². The highest BCUT2D eigenvalue weighted by Crippen LogP contribution is 2.20. The summed E-state index contributed by atoms with van der Waals surface area (Å²) in [4.78, 5) is 11.8. The first-order chi connectivity index (χ1) is 8.35. The summed E-state index contributed by atoms with van der Waals surface area (Å²) in [5.41, 5.74) is 0.798. The van der Waals surface area contributed by atoms with Crippen LogP contribution in [0.3, 0.4) is 0 Å². The smallest absolute Gasteiger partial charge is 0.254 e. The van der Waals surface area contributed by atoms with Crippen molar-refractivity contribution in [2.24, 2.45) is 5.41 Å². The molecule has 0 radical (unpaired) electrons. The van der Waals surface area contributed by atoms with Crippen molar-refractivity contribution in [1.82, 2.24) is 5.32 Å². The van der Waals surface area contributed by atoms with Crippen LogP contribution in [0.2, 0.25) is 0 Å². The normalized spacial score (nSPS) is 11.4. The van der Waals surface area contributed by atoms with E-state index in [9.17, 15) is 9.18 Å². The first-order valence-corrected chi connectivity index (χ1v) is 6.49. The van der Waals surface area contributed by atoms with Crippen LogP contribution in [0.4, 0.5) is 4.39 Å². The first kappa shape index (κ1) is 15.0. The van der Waals surface area contributed by atoms with Crippen LogP contribution in [0.15, 0.2) is 18.2 Å². The summed E-state index contributed by atoms with van der Waals surface area (Å²) < 4.78 is 13.6. The van der Waals surface area contributed by atoms with E-state index in [0.717, 1.165) is 12.0 Å². The molecule has 1 rings (SSSR count). The number of rotatable bonds is 5. The van der Waals surface area contributed by atoms with Gasteiger partial charge in [-0.1, -0.05) is 19.9 Å². The quantitative estimate of drug-likeness (QED) is 0.816. The molecule has 0 aliphatic heterocycles. The van der Waals surface area contributed by atoms with Crippen molar-refractivity contribution < 1.29 is 9.18 Å². The number of benzene rings is 1. The Morgan fingerprint density at radius 1 is 1.44 bits per heavy atom. The molecule has 0 saturated carbocycles. The van der Waals surface area contributed by atoms with E-state index in [2.05, 4.69) is 5.32 Å². The van der Waals surface area contributed by atoms with Gasteiger partial charge in [-0.2, -0.15) is 0 Å². The molecule has 0 heterocycles. The molecule has 0 aliphatic carbocycles. The van der Waals surface area contributed by atoms with Crippen LogP contribution in [-0.4, -0.2) is 18.3 Å². The molecular weight excluding hydrogens is 253 g/mol. The zero-order valence-electron chi connectivity index (χ0n) is 11.0. The third kappa shape index (κ3) is 4.30. The lowest BCUT2D eigenvalue weighted by atomic mass is 9.90. The van der Waals surface area contributed by atoms with Crippen molar-refractivity contribution in [3.63, 3.8) is 0 Å². The van der Waals surface area contributed by atoms with E-state index in [4.69, 9.17) is 11.6 Å². The highest BCUT2D eigenvalue weighted by molar-refractivity contribution is 6.17. The predicted octanol–water partition coefficient (Wildman–Crippen LogP) is 3.52. The minimum atomic E-state index is -0.484. The number of alkyl halides is 1. The maximum Gasteiger partial charge on any atom is 0.254 e. The molecule has 0 fully saturated rings. The summed E-state index contributed by atoms with van der Waals surface area (Å²) >= 11 is 5.69. The van der Waals surface area contributed by atoms with Crippen molar-refractivity contribution in [2.75, 3.05) is 12.4 Å². The Kier molecular flexibility index (Phi) is 5.15. The summed E-state index contributed by atoms with van der Waals surface area (Å²) in [5, 5.41) is 2.75. The molecule has 0 spiro atoms. The lowest BCUT2D eigenvalue weighted by molar-refractivity contribution is 0.0932. The van der Waals surface area contributed by atoms with Gasteiger partial charge in [-0.05, 0) is 36.5 Å². The molecule has 0 saturated heterocycles. The molecule has 0 atom stereocenters. The van der Waals surface area contributed by atoms with Crippen LogP contribution in [0.25, 0.3) is 0 Å². The summed E-state index contributed by atoms with van der Waals surface area (Å²) in [5.74, 6) is -0.320. The van der Waals surface area contributed by atoms with Gasteiger partial charge in [0, 0.05) is 12.4 Å². The molecule has 0 bridgehead atoms. The predicted molar refractivity (Wildman–Crippen MR) is 72.6 cm³/mol. The van der Waals surface area contributed by atoms with Gasteiger partial charge in [0.05, 0.1) is 5.56 Å². The van der Waals surface area contributed by atoms with Crippen LogP contribution >= 0.6 is 11.6 Å². The van der Waals surface area contributed by atoms with Crippen molar-refractivity contribution in [3.05, 3.63) is 35.1 Å². The molecule has 0 aromatic heterocycles. The molecule has 100 valence electrons. The van der Waals surface area contributed by atoms with Crippen molar-refractivity contribution >= 4 is 17.5 Å². The second-order valence-corrected chi connectivity index (χ2v) is 5.65. The van der Waals surface area contributed by atoms with E-state index in [1.54, 1.807) is 13.0 Å². The van der Waals surface area contributed by atoms with Gasteiger partial charge in [-0.25, -0.2) is 4.39 Å². The number of amides is 1. The van der Waals surface area contributed by atoms with Gasteiger partial charge in [-0.15, -0.1) is 11.6 Å². The van der Waals surface area contributed by atoms with Crippen LogP contribution in [0.1, 0.15) is 36.2 Å². The number of hydrogen-bond donors (Lipinski definition) is 1. The summed E-state index contributed by atoms with van der Waals surface area (Å²) in [6, 6.07) is 4.59. The summed E-state index contributed by atoms with van der Waals surface area (Å²) in [6.45, 7) is 6.29. The van der Waals surface area contributed by atoms with E-state index in [-0.39, 0.29) is 16.9 Å². The number of carbonyl (C=O) groups excluding carboxylic acids is 1. The average molecular weight is 272 g/mol. The third-order valence-corrected chi connectivity index (χ3v) is 3.06. The monoisotopic (exact) mass is 271 g/mol. The zero-order valence-corrected chi connectivity index (χ0v) is 11.8. The number of aryl methyl sites for hydroxylation is 1. The van der Waals surface area contributed by atoms with Gasteiger partial charge >= 0.3 is 0 Å². The first-order valence-electron chi connectivity index (χ1n) is 5.96. The fourth-order valence-corrected chi connectivity index (χ4v) is 2.07. The van der Waals surface area contributed by atoms with E-state index in [0.29, 0.717) is 12.4 Å². The van der Waals surface area contributed by atoms with Crippen molar-refractivity contribution in [1.29, 1.82) is 0 Å². The van der Waals surface area contributed by atoms with Gasteiger partial charge in [0.1, 0.15) is 5.82 Å². The Morgan fingerprint density at radius 3 is 2.67 bits per heavy atom. The molecule has 0 unspecified atom stereocenters. The van der Waals surface area contributed by atoms with Gasteiger partial charge in [0.25, 0.3) is 5.91 Å². The summed E-state index contributed by atoms with van der Waals surface area (Å²) in [7, 11) is 0. The Bertz CT molecular complexity index is 432. The van der Waals surface area contributed by atoms with Crippen LogP contribution < -0.4 is 5.32 Å². The number of hydrogen-bond acceptors (Lipinski definition) is 1. The fraction of sp³-hybridized carbons (Fsp3) is 0.500. The summed E-state index contributed by atoms with van der Waals surface area (Å²) in [6.07, 6.45) is 0.797. The number of nitrogens with one attached hydrogen (secondary N) is 1. The Hall–Kier alpha value is -1.09. The molecule has 1 aromatic carbocycles. The minimum absolute atomic E-state index is 0.0847. The SMILES string of the molecule is Cc1ccc(C(=O)NCC(C)(C)CCCl)c(F)c1. The molecule has 1 amide bonds. The third-order valence-electron chi connectivity index (χ3n) is 2.87. The van der Waals surface area contributed by atoms with E-state index in [1.165, 1.54) is 12.1 Å². The Morgan fingerprint density at radius 2 is 2.11 bits per heavy atom. The standard InChI is InChI=1S/C14H19ClFNO/c1-10-4-5-11(12(16)8-10)13(18)17-9-14(2,3)6-7-15/h4-5,8H,6-7,9H2,1-3H3,(H,17,18). The molecule has 2 nitrogen and oxygen atoms in total. The van der Waals surface area contributed by atoms with E-state index < -0.39 is 5.82 Å². The Labute approximate surface area is 113 Å². The molecule has 0 aliphatic rings. The molecule has 1 aromatic rings. The topological polar surface area (TPSA) is 29.1 Å². The maximum atomic E-state index is 13.6. The number of carbonyl (C=O) groups is 1. The van der Waals surface area contributed by atoms with Gasteiger partial charge in [0.15, 0.2) is 0 Å². The van der Waals surface area contributed by atoms with Gasteiger partial charge in [-0.3, -0.25) is 4.79 Å². The van der Waals surface area contributed by atoms with Crippen LogP contribution in [0, 0.1) is 18.2 Å². The number of halogens is 2. The minimum Gasteiger partial charge on any atom is -0.351 e. The lowest BCUT2D eigenvalue weighted by Crippen LogP contribution is -2.34. The molecule has 4 heteroatoms.